The Hall–Kier alpha value is -0.740. The van der Waals surface area contributed by atoms with Gasteiger partial charge < -0.3 is 0 Å². The molecule has 0 N–H and O–H groups in total. The topological polar surface area (TPSA) is 46.6 Å². The van der Waals surface area contributed by atoms with Crippen molar-refractivity contribution in [3.8, 4) is 0 Å². The first-order chi connectivity index (χ1) is 6.23. The van der Waals surface area contributed by atoms with Gasteiger partial charge in [-0.3, -0.25) is 14.4 Å². The summed E-state index contributed by atoms with van der Waals surface area (Å²) in [6.45, 7) is 3.08. The number of rotatable bonds is 2. The summed E-state index contributed by atoms with van der Waals surface area (Å²) in [5, 5.41) is 1.58. The molecule has 0 aromatic heterocycles. The molecule has 0 amide bonds. The van der Waals surface area contributed by atoms with Gasteiger partial charge in [-0.2, -0.15) is 5.06 Å². The zero-order valence-electron chi connectivity index (χ0n) is 7.71. The molecule has 0 atom stereocenters. The van der Waals surface area contributed by atoms with Gasteiger partial charge in [-0.05, 0) is 26.2 Å². The fourth-order valence-corrected chi connectivity index (χ4v) is 2.00. The second kappa shape index (κ2) is 2.89. The molecular weight excluding hydrogens is 170 g/mol. The summed E-state index contributed by atoms with van der Waals surface area (Å²) < 4.78 is 0. The van der Waals surface area contributed by atoms with Gasteiger partial charge in [0.15, 0.2) is 5.54 Å². The van der Waals surface area contributed by atoms with Crippen LogP contribution in [-0.4, -0.2) is 35.3 Å². The largest absolute Gasteiger partial charge is 0.298 e. The molecule has 1 heterocycles. The van der Waals surface area contributed by atoms with Crippen LogP contribution in [0.25, 0.3) is 0 Å². The Balaban J connectivity index is 2.15. The van der Waals surface area contributed by atoms with Crippen LogP contribution in [0.1, 0.15) is 26.2 Å². The van der Waals surface area contributed by atoms with Gasteiger partial charge in [0, 0.05) is 6.54 Å². The van der Waals surface area contributed by atoms with E-state index in [2.05, 4.69) is 0 Å². The van der Waals surface area contributed by atoms with E-state index in [9.17, 15) is 9.59 Å². The van der Waals surface area contributed by atoms with E-state index in [1.54, 1.807) is 5.06 Å². The average Bonchev–Trinajstić information content (AvgIpc) is 2.64. The van der Waals surface area contributed by atoms with E-state index in [1.807, 2.05) is 6.92 Å². The quantitative estimate of drug-likeness (QED) is 0.456. The monoisotopic (exact) mass is 183 g/mol. The van der Waals surface area contributed by atoms with Crippen molar-refractivity contribution in [3.05, 3.63) is 0 Å². The summed E-state index contributed by atoms with van der Waals surface area (Å²) in [4.78, 5) is 27.7. The molecule has 4 nitrogen and oxygen atoms in total. The van der Waals surface area contributed by atoms with E-state index < -0.39 is 5.54 Å². The molecule has 2 fully saturated rings. The lowest BCUT2D eigenvalue weighted by molar-refractivity contribution is -0.203. The van der Waals surface area contributed by atoms with Crippen LogP contribution in [0.5, 0.6) is 0 Å². The van der Waals surface area contributed by atoms with Gasteiger partial charge in [0.2, 0.25) is 11.6 Å². The second-order valence-electron chi connectivity index (χ2n) is 3.50. The summed E-state index contributed by atoms with van der Waals surface area (Å²) >= 11 is 0. The number of carbonyl (C=O) groups excluding carboxylic acids is 2. The third-order valence-corrected chi connectivity index (χ3v) is 2.76. The fraction of sp³-hybridized carbons (Fsp3) is 0.778. The van der Waals surface area contributed by atoms with E-state index in [-0.39, 0.29) is 11.6 Å². The molecular formula is C9H13NO3. The molecule has 1 aliphatic heterocycles. The standard InChI is InChI=1S/C9H13NO3/c1-2-13-10-6-4-3-5-9(10)7(11)8(9)12/h2-6H2,1H3. The maximum absolute atomic E-state index is 11.2. The number of hydroxylamine groups is 2. The van der Waals surface area contributed by atoms with Crippen molar-refractivity contribution in [2.24, 2.45) is 0 Å². The van der Waals surface area contributed by atoms with E-state index in [0.717, 1.165) is 12.8 Å². The normalized spacial score (nSPS) is 26.8. The molecule has 1 saturated heterocycles. The Morgan fingerprint density at radius 1 is 1.38 bits per heavy atom. The molecule has 1 spiro atoms. The molecule has 0 aromatic rings. The molecule has 2 rings (SSSR count). The van der Waals surface area contributed by atoms with Gasteiger partial charge in [0.25, 0.3) is 0 Å². The van der Waals surface area contributed by atoms with Gasteiger partial charge in [-0.25, -0.2) is 0 Å². The lowest BCUT2D eigenvalue weighted by atomic mass is 10.0. The molecule has 1 aliphatic carbocycles. The first-order valence-corrected chi connectivity index (χ1v) is 4.73. The molecule has 13 heavy (non-hydrogen) atoms. The first kappa shape index (κ1) is 8.84. The van der Waals surface area contributed by atoms with Gasteiger partial charge in [0.1, 0.15) is 0 Å². The highest BCUT2D eigenvalue weighted by Gasteiger charge is 2.70. The number of piperidine rings is 1. The predicted molar refractivity (Wildman–Crippen MR) is 44.9 cm³/mol. The number of hydrogen-bond donors (Lipinski definition) is 0. The molecule has 0 radical (unpaired) electrons. The zero-order chi connectivity index (χ0) is 9.47. The van der Waals surface area contributed by atoms with Crippen LogP contribution in [0, 0.1) is 0 Å². The van der Waals surface area contributed by atoms with Crippen LogP contribution < -0.4 is 0 Å². The van der Waals surface area contributed by atoms with Crippen molar-refractivity contribution >= 4 is 11.6 Å². The van der Waals surface area contributed by atoms with Crippen molar-refractivity contribution in [1.82, 2.24) is 5.06 Å². The van der Waals surface area contributed by atoms with E-state index in [1.165, 1.54) is 0 Å². The highest BCUT2D eigenvalue weighted by Crippen LogP contribution is 2.41. The van der Waals surface area contributed by atoms with Crippen LogP contribution in [0.3, 0.4) is 0 Å². The Kier molecular flexibility index (Phi) is 1.96. The molecule has 0 aromatic carbocycles. The third kappa shape index (κ3) is 1.05. The van der Waals surface area contributed by atoms with Gasteiger partial charge >= 0.3 is 0 Å². The number of ketones is 2. The van der Waals surface area contributed by atoms with Crippen LogP contribution in [-0.2, 0) is 14.4 Å². The lowest BCUT2D eigenvalue weighted by Gasteiger charge is -2.31. The number of hydrogen-bond acceptors (Lipinski definition) is 4. The number of nitrogens with zero attached hydrogens (tertiary/aromatic N) is 1. The first-order valence-electron chi connectivity index (χ1n) is 4.73. The fourth-order valence-electron chi connectivity index (χ4n) is 2.00. The van der Waals surface area contributed by atoms with Crippen molar-refractivity contribution in [3.63, 3.8) is 0 Å². The van der Waals surface area contributed by atoms with Crippen LogP contribution in [0.4, 0.5) is 0 Å². The van der Waals surface area contributed by atoms with E-state index >= 15 is 0 Å². The van der Waals surface area contributed by atoms with Crippen molar-refractivity contribution in [2.45, 2.75) is 31.7 Å². The predicted octanol–water partition coefficient (Wildman–Crippen LogP) is 0.314. The minimum Gasteiger partial charge on any atom is -0.298 e. The minimum atomic E-state index is -0.853. The Morgan fingerprint density at radius 3 is 2.62 bits per heavy atom. The molecule has 72 valence electrons. The second-order valence-corrected chi connectivity index (χ2v) is 3.50. The summed E-state index contributed by atoms with van der Waals surface area (Å²) in [6, 6.07) is 0. The highest BCUT2D eigenvalue weighted by molar-refractivity contribution is 6.66. The lowest BCUT2D eigenvalue weighted by Crippen LogP contribution is -2.44. The zero-order valence-corrected chi connectivity index (χ0v) is 7.71. The maximum atomic E-state index is 11.2. The maximum Gasteiger partial charge on any atom is 0.231 e. The van der Waals surface area contributed by atoms with E-state index in [0.29, 0.717) is 19.6 Å². The molecule has 2 aliphatic rings. The molecule has 0 unspecified atom stereocenters. The van der Waals surface area contributed by atoms with Gasteiger partial charge in [-0.1, -0.05) is 0 Å². The molecule has 0 bridgehead atoms. The van der Waals surface area contributed by atoms with Gasteiger partial charge in [-0.15, -0.1) is 0 Å². The van der Waals surface area contributed by atoms with Gasteiger partial charge in [0.05, 0.1) is 6.61 Å². The Labute approximate surface area is 76.8 Å². The Bertz CT molecular complexity index is 246. The smallest absolute Gasteiger partial charge is 0.231 e. The summed E-state index contributed by atoms with van der Waals surface area (Å²) in [5.74, 6) is -0.527. The number of carbonyl (C=O) groups is 2. The molecule has 4 heteroatoms. The highest BCUT2D eigenvalue weighted by atomic mass is 16.7. The van der Waals surface area contributed by atoms with Crippen molar-refractivity contribution in [2.75, 3.05) is 13.2 Å². The van der Waals surface area contributed by atoms with Crippen LogP contribution in [0.15, 0.2) is 0 Å². The number of Topliss-reactive ketones (excluding diaryl/α,β-unsaturated/α-hetero) is 2. The summed E-state index contributed by atoms with van der Waals surface area (Å²) in [5.41, 5.74) is -0.853. The average molecular weight is 183 g/mol. The van der Waals surface area contributed by atoms with Crippen molar-refractivity contribution in [1.29, 1.82) is 0 Å². The SMILES string of the molecule is CCON1CCCCC12C(=O)C2=O. The van der Waals surface area contributed by atoms with E-state index in [4.69, 9.17) is 4.84 Å². The van der Waals surface area contributed by atoms with Crippen LogP contribution in [0.2, 0.25) is 0 Å². The molecule has 1 saturated carbocycles. The third-order valence-electron chi connectivity index (χ3n) is 2.76. The summed E-state index contributed by atoms with van der Waals surface area (Å²) in [6.07, 6.45) is 2.59. The van der Waals surface area contributed by atoms with Crippen LogP contribution >= 0.6 is 0 Å². The minimum absolute atomic E-state index is 0.263. The Morgan fingerprint density at radius 2 is 2.08 bits per heavy atom. The summed E-state index contributed by atoms with van der Waals surface area (Å²) in [7, 11) is 0. The van der Waals surface area contributed by atoms with Crippen molar-refractivity contribution < 1.29 is 14.4 Å².